The molecule has 4 rings (SSSR count). The molecule has 1 heterocycles. The van der Waals surface area contributed by atoms with E-state index in [4.69, 9.17) is 21.2 Å². The van der Waals surface area contributed by atoms with Crippen molar-refractivity contribution < 1.29 is 14.7 Å². The molecular formula is C26H25N5O3S. The van der Waals surface area contributed by atoms with Crippen molar-refractivity contribution in [1.82, 2.24) is 9.55 Å². The Balaban J connectivity index is 1.56. The van der Waals surface area contributed by atoms with Gasteiger partial charge in [-0.3, -0.25) is 15.0 Å². The number of para-hydroxylation sites is 1. The summed E-state index contributed by atoms with van der Waals surface area (Å²) in [5, 5.41) is 17.5. The van der Waals surface area contributed by atoms with Crippen LogP contribution in [0.4, 0.5) is 5.69 Å². The van der Waals surface area contributed by atoms with Crippen LogP contribution in [0.3, 0.4) is 0 Å². The van der Waals surface area contributed by atoms with Crippen molar-refractivity contribution in [3.63, 3.8) is 0 Å². The van der Waals surface area contributed by atoms with Crippen LogP contribution in [0.2, 0.25) is 0 Å². The number of carbonyl (C=O) groups excluding carboxylic acids is 1. The highest BCUT2D eigenvalue weighted by atomic mass is 32.2. The number of nitrogens with zero attached hydrogens (tertiary/aromatic N) is 3. The molecule has 0 radical (unpaired) electrons. The van der Waals surface area contributed by atoms with E-state index in [9.17, 15) is 9.59 Å². The van der Waals surface area contributed by atoms with Gasteiger partial charge in [-0.15, -0.1) is 0 Å². The molecule has 4 aromatic rings. The van der Waals surface area contributed by atoms with Crippen molar-refractivity contribution in [3.8, 4) is 0 Å². The van der Waals surface area contributed by atoms with Gasteiger partial charge in [0.15, 0.2) is 5.16 Å². The minimum Gasteiger partial charge on any atom is -0.481 e. The van der Waals surface area contributed by atoms with Crippen molar-refractivity contribution in [2.75, 3.05) is 11.4 Å². The number of amides is 1. The molecule has 0 saturated heterocycles. The van der Waals surface area contributed by atoms with E-state index in [0.717, 1.165) is 16.2 Å². The van der Waals surface area contributed by atoms with E-state index in [2.05, 4.69) is 0 Å². The second-order valence-corrected chi connectivity index (χ2v) is 8.93. The van der Waals surface area contributed by atoms with Crippen LogP contribution >= 0.6 is 11.8 Å². The summed E-state index contributed by atoms with van der Waals surface area (Å²) >= 11 is 1.58. The number of carboxylic acid groups (broad SMARTS) is 1. The Morgan fingerprint density at radius 2 is 1.74 bits per heavy atom. The molecule has 1 amide bonds. The lowest BCUT2D eigenvalue weighted by molar-refractivity contribution is -0.136. The zero-order valence-electron chi connectivity index (χ0n) is 19.1. The van der Waals surface area contributed by atoms with Crippen LogP contribution in [0, 0.1) is 5.41 Å². The number of aromatic nitrogens is 2. The molecule has 35 heavy (non-hydrogen) atoms. The summed E-state index contributed by atoms with van der Waals surface area (Å²) in [6.07, 6.45) is -0.152. The van der Waals surface area contributed by atoms with E-state index in [-0.39, 0.29) is 24.7 Å². The molecular weight excluding hydrogens is 462 g/mol. The predicted octanol–water partition coefficient (Wildman–Crippen LogP) is 4.27. The number of nitrogens with two attached hydrogens (primary N) is 1. The molecule has 0 unspecified atom stereocenters. The quantitative estimate of drug-likeness (QED) is 0.184. The first-order valence-corrected chi connectivity index (χ1v) is 11.9. The molecule has 0 saturated carbocycles. The number of carboxylic acids is 1. The molecule has 178 valence electrons. The molecule has 0 aliphatic rings. The second-order valence-electron chi connectivity index (χ2n) is 7.99. The molecule has 1 aromatic heterocycles. The van der Waals surface area contributed by atoms with Gasteiger partial charge in [-0.2, -0.15) is 0 Å². The highest BCUT2D eigenvalue weighted by Gasteiger charge is 2.20. The van der Waals surface area contributed by atoms with Crippen LogP contribution in [0.5, 0.6) is 0 Å². The fourth-order valence-corrected chi connectivity index (χ4v) is 4.63. The normalized spacial score (nSPS) is 10.9. The van der Waals surface area contributed by atoms with Crippen LogP contribution < -0.4 is 10.6 Å². The standard InChI is InChI=1S/C26H25N5O3S/c1-30-22-12-11-19(25(34)31(14-13-23(32)33)20-5-3-2-4-6-20)15-21(22)29-26(30)35-16-17-7-9-18(10-8-17)24(27)28/h2-12,15H,13-14,16H2,1H3,(H3,27,28)(H,32,33). The Labute approximate surface area is 206 Å². The van der Waals surface area contributed by atoms with Crippen LogP contribution in [0.15, 0.2) is 78.0 Å². The number of rotatable bonds is 9. The fraction of sp³-hybridized carbons (Fsp3) is 0.154. The van der Waals surface area contributed by atoms with Gasteiger partial charge in [0.1, 0.15) is 5.84 Å². The molecule has 0 spiro atoms. The number of anilines is 1. The largest absolute Gasteiger partial charge is 0.481 e. The molecule has 0 aliphatic heterocycles. The molecule has 3 aromatic carbocycles. The van der Waals surface area contributed by atoms with E-state index in [1.54, 1.807) is 36.0 Å². The lowest BCUT2D eigenvalue weighted by atomic mass is 10.1. The molecule has 9 heteroatoms. The van der Waals surface area contributed by atoms with Crippen molar-refractivity contribution in [1.29, 1.82) is 5.41 Å². The van der Waals surface area contributed by atoms with Crippen LogP contribution in [0.25, 0.3) is 11.0 Å². The number of aryl methyl sites for hydroxylation is 1. The van der Waals surface area contributed by atoms with E-state index < -0.39 is 5.97 Å². The Morgan fingerprint density at radius 1 is 1.06 bits per heavy atom. The van der Waals surface area contributed by atoms with Crippen molar-refractivity contribution in [3.05, 3.63) is 89.5 Å². The summed E-state index contributed by atoms with van der Waals surface area (Å²) < 4.78 is 1.98. The van der Waals surface area contributed by atoms with Crippen molar-refractivity contribution >= 4 is 46.2 Å². The number of thioether (sulfide) groups is 1. The zero-order valence-corrected chi connectivity index (χ0v) is 20.0. The highest BCUT2D eigenvalue weighted by molar-refractivity contribution is 7.98. The smallest absolute Gasteiger partial charge is 0.305 e. The number of benzene rings is 3. The van der Waals surface area contributed by atoms with Gasteiger partial charge < -0.3 is 20.3 Å². The first-order chi connectivity index (χ1) is 16.8. The molecule has 0 bridgehead atoms. The highest BCUT2D eigenvalue weighted by Crippen LogP contribution is 2.27. The Bertz CT molecular complexity index is 1380. The van der Waals surface area contributed by atoms with Gasteiger partial charge in [0.25, 0.3) is 5.91 Å². The lowest BCUT2D eigenvalue weighted by Crippen LogP contribution is -2.33. The maximum absolute atomic E-state index is 13.3. The van der Waals surface area contributed by atoms with Crippen LogP contribution in [-0.4, -0.2) is 38.9 Å². The van der Waals surface area contributed by atoms with E-state index in [1.807, 2.05) is 60.1 Å². The third kappa shape index (κ3) is 5.52. The number of fused-ring (bicyclic) bond motifs is 1. The molecule has 0 atom stereocenters. The summed E-state index contributed by atoms with van der Waals surface area (Å²) in [5.74, 6) is -0.502. The van der Waals surface area contributed by atoms with Crippen LogP contribution in [-0.2, 0) is 17.6 Å². The summed E-state index contributed by atoms with van der Waals surface area (Å²) in [5.41, 5.74) is 9.97. The number of nitrogens with one attached hydrogen (secondary N) is 1. The predicted molar refractivity (Wildman–Crippen MR) is 138 cm³/mol. The summed E-state index contributed by atoms with van der Waals surface area (Å²) in [6, 6.07) is 22.0. The molecule has 8 nitrogen and oxygen atoms in total. The number of nitrogen functional groups attached to an aromatic ring is 1. The molecule has 0 aliphatic carbocycles. The number of hydrogen-bond acceptors (Lipinski definition) is 5. The Hall–Kier alpha value is -4.11. The number of aliphatic carboxylic acids is 1. The van der Waals surface area contributed by atoms with Gasteiger partial charge in [-0.05, 0) is 35.9 Å². The minimum atomic E-state index is -0.962. The summed E-state index contributed by atoms with van der Waals surface area (Å²) in [4.78, 5) is 30.7. The summed E-state index contributed by atoms with van der Waals surface area (Å²) in [7, 11) is 1.93. The van der Waals surface area contributed by atoms with Gasteiger partial charge in [0, 0.05) is 36.2 Å². The van der Waals surface area contributed by atoms with E-state index in [1.165, 1.54) is 4.90 Å². The average Bonchev–Trinajstić information content (AvgIpc) is 3.18. The fourth-order valence-electron chi connectivity index (χ4n) is 3.69. The number of imidazole rings is 1. The van der Waals surface area contributed by atoms with Crippen molar-refractivity contribution in [2.45, 2.75) is 17.3 Å². The molecule has 0 fully saturated rings. The van der Waals surface area contributed by atoms with Gasteiger partial charge in [-0.25, -0.2) is 4.98 Å². The van der Waals surface area contributed by atoms with E-state index in [0.29, 0.717) is 28.1 Å². The van der Waals surface area contributed by atoms with Gasteiger partial charge in [0.2, 0.25) is 0 Å². The third-order valence-corrected chi connectivity index (χ3v) is 6.68. The number of hydrogen-bond donors (Lipinski definition) is 3. The second kappa shape index (κ2) is 10.4. The first-order valence-electron chi connectivity index (χ1n) is 10.9. The van der Waals surface area contributed by atoms with Gasteiger partial charge in [0.05, 0.1) is 17.5 Å². The maximum Gasteiger partial charge on any atom is 0.305 e. The SMILES string of the molecule is Cn1c(SCc2ccc(C(=N)N)cc2)nc2cc(C(=O)N(CCC(=O)O)c3ccccc3)ccc21. The average molecular weight is 488 g/mol. The Morgan fingerprint density at radius 3 is 2.40 bits per heavy atom. The first kappa shape index (κ1) is 24.0. The van der Waals surface area contributed by atoms with Gasteiger partial charge >= 0.3 is 5.97 Å². The Kier molecular flexibility index (Phi) is 7.17. The van der Waals surface area contributed by atoms with Gasteiger partial charge in [-0.1, -0.05) is 54.2 Å². The third-order valence-electron chi connectivity index (χ3n) is 5.58. The van der Waals surface area contributed by atoms with Crippen molar-refractivity contribution in [2.24, 2.45) is 12.8 Å². The minimum absolute atomic E-state index is 0.0405. The number of carbonyl (C=O) groups is 2. The lowest BCUT2D eigenvalue weighted by Gasteiger charge is -2.22. The maximum atomic E-state index is 13.3. The summed E-state index contributed by atoms with van der Waals surface area (Å²) in [6.45, 7) is 0.0714. The van der Waals surface area contributed by atoms with E-state index >= 15 is 0 Å². The topological polar surface area (TPSA) is 125 Å². The molecule has 4 N–H and O–H groups in total. The van der Waals surface area contributed by atoms with Crippen LogP contribution in [0.1, 0.15) is 27.9 Å². The zero-order chi connectivity index (χ0) is 24.9. The number of amidine groups is 1. The monoisotopic (exact) mass is 487 g/mol.